The van der Waals surface area contributed by atoms with Crippen molar-refractivity contribution in [1.82, 2.24) is 0 Å². The van der Waals surface area contributed by atoms with Gasteiger partial charge in [0.2, 0.25) is 0 Å². The molecule has 0 spiro atoms. The molecule has 1 fully saturated rings. The molecule has 0 saturated carbocycles. The van der Waals surface area contributed by atoms with Crippen LogP contribution in [0.4, 0.5) is 0 Å². The molecule has 0 unspecified atom stereocenters. The lowest BCUT2D eigenvalue weighted by molar-refractivity contribution is 0.0206. The Bertz CT molecular complexity index is 131. The van der Waals surface area contributed by atoms with Crippen molar-refractivity contribution in [2.24, 2.45) is 5.92 Å². The number of hydrogen-bond acceptors (Lipinski definition) is 3. The number of aliphatic hydroxyl groups excluding tert-OH is 1. The maximum absolute atomic E-state index is 8.89. The number of rotatable bonds is 2. The van der Waals surface area contributed by atoms with Gasteiger partial charge in [0.05, 0.1) is 24.8 Å². The largest absolute Gasteiger partial charge is 0.394 e. The average molecular weight is 158 g/mol. The quantitative estimate of drug-likeness (QED) is 0.523. The second-order valence-electron chi connectivity index (χ2n) is 3.12. The highest BCUT2D eigenvalue weighted by molar-refractivity contribution is 6.11. The molecule has 0 amide bonds. The van der Waals surface area contributed by atoms with Crippen molar-refractivity contribution < 1.29 is 14.6 Å². The smallest absolute Gasteiger partial charge is 0.142 e. The Hall–Kier alpha value is -0.0551. The Kier molecular flexibility index (Phi) is 2.93. The van der Waals surface area contributed by atoms with Crippen LogP contribution in [0.5, 0.6) is 0 Å². The molecule has 1 aliphatic heterocycles. The minimum absolute atomic E-state index is 0.0463. The van der Waals surface area contributed by atoms with Crippen LogP contribution in [-0.4, -0.2) is 44.9 Å². The maximum atomic E-state index is 8.89. The van der Waals surface area contributed by atoms with Gasteiger partial charge in [-0.3, -0.25) is 0 Å². The predicted molar refractivity (Wildman–Crippen MR) is 44.3 cm³/mol. The molecule has 0 aliphatic carbocycles. The number of methoxy groups -OCH3 is 1. The third kappa shape index (κ3) is 1.58. The Labute approximate surface area is 68.1 Å². The van der Waals surface area contributed by atoms with Crippen LogP contribution in [0, 0.1) is 5.92 Å². The van der Waals surface area contributed by atoms with Gasteiger partial charge in [-0.15, -0.1) is 0 Å². The Morgan fingerprint density at radius 1 is 1.64 bits per heavy atom. The van der Waals surface area contributed by atoms with Crippen molar-refractivity contribution in [2.45, 2.75) is 25.1 Å². The molecule has 11 heavy (non-hydrogen) atoms. The standard InChI is InChI=1S/C7H15BO3/c1-4-5(3-9)11-7(8)6(4)10-2/h4-7,9H,3,8H2,1-2H3/t4-,5-,6-,7-/m1/s1. The van der Waals surface area contributed by atoms with E-state index >= 15 is 0 Å². The van der Waals surface area contributed by atoms with E-state index in [4.69, 9.17) is 14.6 Å². The average Bonchev–Trinajstić information content (AvgIpc) is 2.26. The minimum Gasteiger partial charge on any atom is -0.394 e. The Balaban J connectivity index is 2.55. The molecule has 1 rings (SSSR count). The van der Waals surface area contributed by atoms with Crippen molar-refractivity contribution in [2.75, 3.05) is 13.7 Å². The molecule has 0 aromatic carbocycles. The van der Waals surface area contributed by atoms with Crippen LogP contribution in [0.1, 0.15) is 6.92 Å². The fraction of sp³-hybridized carbons (Fsp3) is 1.00. The first kappa shape index (κ1) is 9.04. The first-order valence-electron chi connectivity index (χ1n) is 3.99. The fourth-order valence-corrected chi connectivity index (χ4v) is 1.73. The van der Waals surface area contributed by atoms with Crippen LogP contribution in [0.25, 0.3) is 0 Å². The van der Waals surface area contributed by atoms with Crippen LogP contribution in [-0.2, 0) is 9.47 Å². The fourth-order valence-electron chi connectivity index (χ4n) is 1.73. The first-order valence-corrected chi connectivity index (χ1v) is 3.99. The summed E-state index contributed by atoms with van der Waals surface area (Å²) in [6, 6.07) is 0.104. The molecule has 3 nitrogen and oxygen atoms in total. The topological polar surface area (TPSA) is 38.7 Å². The van der Waals surface area contributed by atoms with Crippen molar-refractivity contribution >= 4 is 7.85 Å². The van der Waals surface area contributed by atoms with Gasteiger partial charge in [0, 0.05) is 13.0 Å². The summed E-state index contributed by atoms with van der Waals surface area (Å²) in [7, 11) is 3.65. The third-order valence-corrected chi connectivity index (χ3v) is 2.41. The summed E-state index contributed by atoms with van der Waals surface area (Å²) in [4.78, 5) is 0. The van der Waals surface area contributed by atoms with Gasteiger partial charge >= 0.3 is 0 Å². The molecule has 4 heteroatoms. The van der Waals surface area contributed by atoms with Gasteiger partial charge in [0.15, 0.2) is 0 Å². The zero-order chi connectivity index (χ0) is 8.43. The third-order valence-electron chi connectivity index (χ3n) is 2.41. The van der Waals surface area contributed by atoms with Crippen LogP contribution in [0.15, 0.2) is 0 Å². The zero-order valence-corrected chi connectivity index (χ0v) is 7.28. The predicted octanol–water partition coefficient (Wildman–Crippen LogP) is -1.01. The molecule has 0 bridgehead atoms. The van der Waals surface area contributed by atoms with E-state index in [1.807, 2.05) is 14.8 Å². The molecule has 1 heterocycles. The summed E-state index contributed by atoms with van der Waals surface area (Å²) < 4.78 is 10.7. The molecule has 4 atom stereocenters. The highest BCUT2D eigenvalue weighted by Crippen LogP contribution is 2.26. The number of ether oxygens (including phenoxy) is 2. The second-order valence-corrected chi connectivity index (χ2v) is 3.12. The number of hydrogen-bond donors (Lipinski definition) is 1. The van der Waals surface area contributed by atoms with Gasteiger partial charge in [-0.25, -0.2) is 0 Å². The lowest BCUT2D eigenvalue weighted by atomic mass is 9.89. The van der Waals surface area contributed by atoms with Crippen molar-refractivity contribution in [3.63, 3.8) is 0 Å². The maximum Gasteiger partial charge on any atom is 0.142 e. The molecule has 1 saturated heterocycles. The van der Waals surface area contributed by atoms with Gasteiger partial charge in [-0.05, 0) is 0 Å². The molecular weight excluding hydrogens is 143 g/mol. The van der Waals surface area contributed by atoms with E-state index in [0.717, 1.165) is 0 Å². The van der Waals surface area contributed by atoms with Gasteiger partial charge in [-0.1, -0.05) is 6.92 Å². The molecule has 0 radical (unpaired) electrons. The molecule has 1 N–H and O–H groups in total. The summed E-state index contributed by atoms with van der Waals surface area (Å²) in [6.45, 7) is 2.13. The Morgan fingerprint density at radius 2 is 2.27 bits per heavy atom. The van der Waals surface area contributed by atoms with Crippen LogP contribution < -0.4 is 0 Å². The first-order chi connectivity index (χ1) is 5.20. The second kappa shape index (κ2) is 3.56. The van der Waals surface area contributed by atoms with Crippen molar-refractivity contribution in [3.8, 4) is 0 Å². The molecule has 0 aromatic rings. The van der Waals surface area contributed by atoms with Crippen molar-refractivity contribution in [1.29, 1.82) is 0 Å². The molecule has 1 aliphatic rings. The summed E-state index contributed by atoms with van der Waals surface area (Å²) in [5.41, 5.74) is 0. The van der Waals surface area contributed by atoms with Gasteiger partial charge in [0.1, 0.15) is 7.85 Å². The summed E-state index contributed by atoms with van der Waals surface area (Å²) in [5.74, 6) is 0.292. The summed E-state index contributed by atoms with van der Waals surface area (Å²) in [6.07, 6.45) is 0.0853. The lowest BCUT2D eigenvalue weighted by Crippen LogP contribution is -2.28. The summed E-state index contributed by atoms with van der Waals surface area (Å²) in [5, 5.41) is 8.89. The molecule has 64 valence electrons. The number of aliphatic hydroxyl groups is 1. The lowest BCUT2D eigenvalue weighted by Gasteiger charge is -2.16. The van der Waals surface area contributed by atoms with E-state index in [9.17, 15) is 0 Å². The minimum atomic E-state index is -0.0463. The highest BCUT2D eigenvalue weighted by Gasteiger charge is 2.38. The normalized spacial score (nSPS) is 44.6. The van der Waals surface area contributed by atoms with E-state index in [1.54, 1.807) is 7.11 Å². The zero-order valence-electron chi connectivity index (χ0n) is 7.28. The highest BCUT2D eigenvalue weighted by atomic mass is 16.6. The van der Waals surface area contributed by atoms with E-state index in [0.29, 0.717) is 5.92 Å². The van der Waals surface area contributed by atoms with E-state index in [1.165, 1.54) is 0 Å². The monoisotopic (exact) mass is 158 g/mol. The van der Waals surface area contributed by atoms with Gasteiger partial charge < -0.3 is 14.6 Å². The molecular formula is C7H15BO3. The summed E-state index contributed by atoms with van der Waals surface area (Å²) >= 11 is 0. The van der Waals surface area contributed by atoms with Gasteiger partial charge in [0.25, 0.3) is 0 Å². The van der Waals surface area contributed by atoms with Gasteiger partial charge in [-0.2, -0.15) is 0 Å². The van der Waals surface area contributed by atoms with Crippen molar-refractivity contribution in [3.05, 3.63) is 0 Å². The van der Waals surface area contributed by atoms with E-state index in [2.05, 4.69) is 0 Å². The SMILES string of the molecule is B[C@@H]1O[C@H](CO)[C@@H](C)[C@H]1OC. The van der Waals surface area contributed by atoms with E-state index < -0.39 is 0 Å². The molecule has 0 aromatic heterocycles. The Morgan fingerprint density at radius 3 is 2.55 bits per heavy atom. The van der Waals surface area contributed by atoms with Crippen LogP contribution in [0.3, 0.4) is 0 Å². The van der Waals surface area contributed by atoms with Crippen LogP contribution >= 0.6 is 0 Å². The van der Waals surface area contributed by atoms with E-state index in [-0.39, 0.29) is 24.8 Å². The van der Waals surface area contributed by atoms with Crippen LogP contribution in [0.2, 0.25) is 0 Å².